The van der Waals surface area contributed by atoms with Crippen molar-refractivity contribution in [1.29, 1.82) is 0 Å². The molecule has 0 aliphatic carbocycles. The van der Waals surface area contributed by atoms with Crippen LogP contribution in [0.4, 0.5) is 4.79 Å². The Hall–Kier alpha value is -1.10. The Balaban J connectivity index is 2.44. The molecule has 22 heavy (non-hydrogen) atoms. The predicted molar refractivity (Wildman–Crippen MR) is 89.4 cm³/mol. The molecule has 0 radical (unpaired) electrons. The molecule has 0 unspecified atom stereocenters. The molecule has 1 atom stereocenters. The Morgan fingerprint density at radius 1 is 1.18 bits per heavy atom. The van der Waals surface area contributed by atoms with Gasteiger partial charge in [-0.1, -0.05) is 33.6 Å². The number of piperidine rings is 1. The van der Waals surface area contributed by atoms with Crippen molar-refractivity contribution in [2.45, 2.75) is 59.3 Å². The van der Waals surface area contributed by atoms with Crippen LogP contribution in [-0.4, -0.2) is 36.5 Å². The van der Waals surface area contributed by atoms with E-state index in [4.69, 9.17) is 5.73 Å². The number of carbonyl (C=O) groups excluding carboxylic acids is 2. The van der Waals surface area contributed by atoms with E-state index in [9.17, 15) is 9.59 Å². The van der Waals surface area contributed by atoms with Crippen LogP contribution in [0, 0.1) is 17.8 Å². The van der Waals surface area contributed by atoms with Gasteiger partial charge in [-0.25, -0.2) is 4.79 Å². The van der Waals surface area contributed by atoms with E-state index in [1.807, 2.05) is 0 Å². The number of carbonyl (C=O) groups is 2. The molecular formula is C17H33N3O2. The molecule has 5 nitrogen and oxygen atoms in total. The van der Waals surface area contributed by atoms with E-state index >= 15 is 0 Å². The minimum atomic E-state index is -0.230. The number of nitrogens with zero attached hydrogens (tertiary/aromatic N) is 1. The first-order valence-electron chi connectivity index (χ1n) is 8.77. The Morgan fingerprint density at radius 3 is 2.32 bits per heavy atom. The summed E-state index contributed by atoms with van der Waals surface area (Å²) in [5, 5.41) is 2.61. The Labute approximate surface area is 135 Å². The molecule has 5 heteroatoms. The fourth-order valence-electron chi connectivity index (χ4n) is 2.95. The van der Waals surface area contributed by atoms with Gasteiger partial charge >= 0.3 is 6.03 Å². The average molecular weight is 311 g/mol. The molecule has 1 saturated heterocycles. The van der Waals surface area contributed by atoms with Crippen molar-refractivity contribution in [2.24, 2.45) is 23.5 Å². The number of nitrogens with one attached hydrogen (secondary N) is 1. The summed E-state index contributed by atoms with van der Waals surface area (Å²) < 4.78 is 0. The predicted octanol–water partition coefficient (Wildman–Crippen LogP) is 2.75. The van der Waals surface area contributed by atoms with Crippen LogP contribution in [0.1, 0.15) is 59.3 Å². The van der Waals surface area contributed by atoms with Gasteiger partial charge < -0.3 is 10.6 Å². The minimum Gasteiger partial charge on any atom is -0.330 e. The van der Waals surface area contributed by atoms with Gasteiger partial charge in [-0.2, -0.15) is 0 Å². The summed E-state index contributed by atoms with van der Waals surface area (Å²) in [6.45, 7) is 8.48. The highest BCUT2D eigenvalue weighted by Gasteiger charge is 2.25. The molecule has 0 aromatic carbocycles. The lowest BCUT2D eigenvalue weighted by Crippen LogP contribution is -2.48. The molecule has 3 amide bonds. The van der Waals surface area contributed by atoms with Gasteiger partial charge in [0.1, 0.15) is 0 Å². The second-order valence-corrected chi connectivity index (χ2v) is 6.92. The van der Waals surface area contributed by atoms with Gasteiger partial charge in [0.05, 0.1) is 0 Å². The topological polar surface area (TPSA) is 75.4 Å². The number of hydrogen-bond donors (Lipinski definition) is 2. The first kappa shape index (κ1) is 18.9. The minimum absolute atomic E-state index is 0.0436. The molecule has 0 aromatic heterocycles. The summed E-state index contributed by atoms with van der Waals surface area (Å²) >= 11 is 0. The van der Waals surface area contributed by atoms with E-state index in [0.717, 1.165) is 38.5 Å². The van der Waals surface area contributed by atoms with Crippen molar-refractivity contribution in [3.8, 4) is 0 Å². The maximum atomic E-state index is 12.3. The molecule has 1 fully saturated rings. The lowest BCUT2D eigenvalue weighted by atomic mass is 9.93. The maximum absolute atomic E-state index is 12.3. The lowest BCUT2D eigenvalue weighted by molar-refractivity contribution is -0.124. The van der Waals surface area contributed by atoms with Crippen LogP contribution < -0.4 is 11.1 Å². The quantitative estimate of drug-likeness (QED) is 0.759. The van der Waals surface area contributed by atoms with Crippen LogP contribution in [-0.2, 0) is 4.79 Å². The summed E-state index contributed by atoms with van der Waals surface area (Å²) in [4.78, 5) is 26.3. The molecule has 1 aliphatic rings. The van der Waals surface area contributed by atoms with Crippen molar-refractivity contribution in [3.63, 3.8) is 0 Å². The zero-order valence-electron chi connectivity index (χ0n) is 14.4. The number of nitrogens with two attached hydrogens (primary N) is 1. The van der Waals surface area contributed by atoms with Crippen molar-refractivity contribution in [1.82, 2.24) is 10.2 Å². The highest BCUT2D eigenvalue weighted by atomic mass is 16.2. The molecule has 1 rings (SSSR count). The van der Waals surface area contributed by atoms with Gasteiger partial charge in [0.2, 0.25) is 5.91 Å². The standard InChI is InChI=1S/C17H33N3O2/c1-4-5-15(7-6-13(2)3)16(21)19-17(22)20-10-8-14(12-18)9-11-20/h13-15H,4-12,18H2,1-3H3,(H,19,21,22)/t15-/m0/s1. The number of imide groups is 1. The number of rotatable bonds is 7. The Kier molecular flexibility index (Phi) is 8.46. The Morgan fingerprint density at radius 2 is 1.82 bits per heavy atom. The Bertz CT molecular complexity index is 350. The number of hydrogen-bond acceptors (Lipinski definition) is 3. The van der Waals surface area contributed by atoms with Crippen LogP contribution in [0.2, 0.25) is 0 Å². The van der Waals surface area contributed by atoms with E-state index in [0.29, 0.717) is 31.5 Å². The third kappa shape index (κ3) is 6.34. The third-order valence-electron chi connectivity index (χ3n) is 4.57. The molecule has 0 saturated carbocycles. The summed E-state index contributed by atoms with van der Waals surface area (Å²) in [5.41, 5.74) is 5.66. The summed E-state index contributed by atoms with van der Waals surface area (Å²) in [6, 6.07) is -0.230. The third-order valence-corrected chi connectivity index (χ3v) is 4.57. The van der Waals surface area contributed by atoms with Crippen molar-refractivity contribution in [3.05, 3.63) is 0 Å². The summed E-state index contributed by atoms with van der Waals surface area (Å²) in [6.07, 6.45) is 5.56. The van der Waals surface area contributed by atoms with Crippen LogP contribution >= 0.6 is 0 Å². The zero-order valence-corrected chi connectivity index (χ0v) is 14.4. The van der Waals surface area contributed by atoms with E-state index < -0.39 is 0 Å². The van der Waals surface area contributed by atoms with Crippen LogP contribution in [0.3, 0.4) is 0 Å². The second kappa shape index (κ2) is 9.82. The lowest BCUT2D eigenvalue weighted by Gasteiger charge is -2.31. The fourth-order valence-corrected chi connectivity index (χ4v) is 2.95. The molecule has 0 spiro atoms. The molecule has 0 aromatic rings. The number of likely N-dealkylation sites (tertiary alicyclic amines) is 1. The van der Waals surface area contributed by atoms with E-state index in [-0.39, 0.29) is 17.9 Å². The SMILES string of the molecule is CCC[C@@H](CCC(C)C)C(=O)NC(=O)N1CCC(CN)CC1. The normalized spacial score (nSPS) is 17.6. The first-order chi connectivity index (χ1) is 10.5. The maximum Gasteiger partial charge on any atom is 0.324 e. The van der Waals surface area contributed by atoms with Gasteiger partial charge in [-0.05, 0) is 44.1 Å². The van der Waals surface area contributed by atoms with Crippen LogP contribution in [0.5, 0.6) is 0 Å². The first-order valence-corrected chi connectivity index (χ1v) is 8.77. The van der Waals surface area contributed by atoms with Crippen molar-refractivity contribution >= 4 is 11.9 Å². The highest BCUT2D eigenvalue weighted by Crippen LogP contribution is 2.19. The second-order valence-electron chi connectivity index (χ2n) is 6.92. The number of amides is 3. The van der Waals surface area contributed by atoms with Gasteiger partial charge in [0.25, 0.3) is 0 Å². The van der Waals surface area contributed by atoms with E-state index in [1.54, 1.807) is 4.90 Å². The molecule has 3 N–H and O–H groups in total. The summed E-state index contributed by atoms with van der Waals surface area (Å²) in [7, 11) is 0. The summed E-state index contributed by atoms with van der Waals surface area (Å²) in [5.74, 6) is 0.947. The van der Waals surface area contributed by atoms with E-state index in [2.05, 4.69) is 26.1 Å². The molecule has 1 aliphatic heterocycles. The largest absolute Gasteiger partial charge is 0.330 e. The molecule has 128 valence electrons. The average Bonchev–Trinajstić information content (AvgIpc) is 2.51. The van der Waals surface area contributed by atoms with Gasteiger partial charge in [0.15, 0.2) is 0 Å². The zero-order chi connectivity index (χ0) is 16.5. The molecular weight excluding hydrogens is 278 g/mol. The fraction of sp³-hybridized carbons (Fsp3) is 0.882. The van der Waals surface area contributed by atoms with Gasteiger partial charge in [0, 0.05) is 19.0 Å². The van der Waals surface area contributed by atoms with Crippen molar-refractivity contribution in [2.75, 3.05) is 19.6 Å². The van der Waals surface area contributed by atoms with Crippen LogP contribution in [0.25, 0.3) is 0 Å². The van der Waals surface area contributed by atoms with Crippen molar-refractivity contribution < 1.29 is 9.59 Å². The smallest absolute Gasteiger partial charge is 0.324 e. The monoisotopic (exact) mass is 311 g/mol. The molecule has 1 heterocycles. The number of urea groups is 1. The van der Waals surface area contributed by atoms with E-state index in [1.165, 1.54) is 0 Å². The van der Waals surface area contributed by atoms with Crippen LogP contribution in [0.15, 0.2) is 0 Å². The van der Waals surface area contributed by atoms with Gasteiger partial charge in [-0.3, -0.25) is 10.1 Å². The van der Waals surface area contributed by atoms with Gasteiger partial charge in [-0.15, -0.1) is 0 Å². The highest BCUT2D eigenvalue weighted by molar-refractivity contribution is 5.95. The molecule has 0 bridgehead atoms.